The van der Waals surface area contributed by atoms with E-state index in [-0.39, 0.29) is 30.2 Å². The van der Waals surface area contributed by atoms with E-state index in [1.165, 1.54) is 0 Å². The lowest BCUT2D eigenvalue weighted by molar-refractivity contribution is -0.147. The van der Waals surface area contributed by atoms with Crippen LogP contribution in [0, 0.1) is 17.8 Å². The Morgan fingerprint density at radius 3 is 2.33 bits per heavy atom. The molecular formula is C31H41N3O4S. The van der Waals surface area contributed by atoms with Crippen LogP contribution < -0.4 is 0 Å². The summed E-state index contributed by atoms with van der Waals surface area (Å²) in [6.45, 7) is 10.0. The average Bonchev–Trinajstić information content (AvgIpc) is 3.19. The van der Waals surface area contributed by atoms with Crippen molar-refractivity contribution in [2.24, 2.45) is 17.8 Å². The van der Waals surface area contributed by atoms with Crippen LogP contribution in [0.3, 0.4) is 0 Å². The van der Waals surface area contributed by atoms with Crippen molar-refractivity contribution in [1.29, 1.82) is 0 Å². The first-order valence-corrected chi connectivity index (χ1v) is 15.1. The largest absolute Gasteiger partial charge is 0.394 e. The van der Waals surface area contributed by atoms with Crippen molar-refractivity contribution in [3.8, 4) is 0 Å². The van der Waals surface area contributed by atoms with Crippen LogP contribution in [0.15, 0.2) is 54.6 Å². The molecule has 0 radical (unpaired) electrons. The molecule has 6 atom stereocenters. The summed E-state index contributed by atoms with van der Waals surface area (Å²) in [5.41, 5.74) is 1.02. The maximum Gasteiger partial charge on any atom is 0.247 e. The second-order valence-corrected chi connectivity index (χ2v) is 13.8. The normalized spacial score (nSPS) is 32.8. The summed E-state index contributed by atoms with van der Waals surface area (Å²) in [5, 5.41) is 10.5. The fraction of sp³-hybridized carbons (Fsp3) is 0.581. The summed E-state index contributed by atoms with van der Waals surface area (Å²) in [7, 11) is 0. The number of hydrogen-bond acceptors (Lipinski definition) is 5. The van der Waals surface area contributed by atoms with Gasteiger partial charge >= 0.3 is 0 Å². The number of fused-ring (bicyclic) bond motifs is 2. The quantitative estimate of drug-likeness (QED) is 0.501. The molecule has 4 aliphatic heterocycles. The van der Waals surface area contributed by atoms with Crippen molar-refractivity contribution in [3.63, 3.8) is 0 Å². The number of likely N-dealkylation sites (tertiary alicyclic amines) is 1. The van der Waals surface area contributed by atoms with Crippen LogP contribution in [0.2, 0.25) is 0 Å². The van der Waals surface area contributed by atoms with E-state index in [0.29, 0.717) is 32.6 Å². The molecule has 7 nitrogen and oxygen atoms in total. The molecule has 1 N–H and O–H groups in total. The van der Waals surface area contributed by atoms with Gasteiger partial charge < -0.3 is 19.8 Å². The monoisotopic (exact) mass is 551 g/mol. The molecule has 0 aromatic heterocycles. The molecule has 2 fully saturated rings. The lowest BCUT2D eigenvalue weighted by Crippen LogP contribution is -2.56. The first kappa shape index (κ1) is 28.0. The average molecular weight is 552 g/mol. The smallest absolute Gasteiger partial charge is 0.247 e. The Morgan fingerprint density at radius 1 is 0.974 bits per heavy atom. The Balaban J connectivity index is 1.62. The van der Waals surface area contributed by atoms with Crippen molar-refractivity contribution in [1.82, 2.24) is 14.7 Å². The minimum Gasteiger partial charge on any atom is -0.394 e. The summed E-state index contributed by atoms with van der Waals surface area (Å²) in [6.07, 6.45) is 9.64. The Hall–Kier alpha value is -2.58. The third kappa shape index (κ3) is 4.63. The number of aliphatic hydroxyl groups is 1. The number of carbonyl (C=O) groups excluding carboxylic acids is 3. The molecular weight excluding hydrogens is 510 g/mol. The van der Waals surface area contributed by atoms with Crippen molar-refractivity contribution >= 4 is 29.5 Å². The molecule has 39 heavy (non-hydrogen) atoms. The van der Waals surface area contributed by atoms with Gasteiger partial charge in [0.05, 0.1) is 29.2 Å². The van der Waals surface area contributed by atoms with Crippen LogP contribution >= 0.6 is 11.8 Å². The van der Waals surface area contributed by atoms with E-state index in [2.05, 4.69) is 45.9 Å². The second kappa shape index (κ2) is 10.8. The topological polar surface area (TPSA) is 81.2 Å². The van der Waals surface area contributed by atoms with Gasteiger partial charge in [0.15, 0.2) is 0 Å². The molecule has 1 aromatic carbocycles. The predicted molar refractivity (Wildman–Crippen MR) is 154 cm³/mol. The van der Waals surface area contributed by atoms with Crippen LogP contribution in [0.1, 0.15) is 46.1 Å². The maximum absolute atomic E-state index is 14.6. The molecule has 5 rings (SSSR count). The third-order valence-corrected chi connectivity index (χ3v) is 10.5. The predicted octanol–water partition coefficient (Wildman–Crippen LogP) is 3.49. The zero-order valence-electron chi connectivity index (χ0n) is 23.5. The molecule has 4 aliphatic rings. The Bertz CT molecular complexity index is 1170. The third-order valence-electron chi connectivity index (χ3n) is 8.72. The van der Waals surface area contributed by atoms with E-state index in [4.69, 9.17) is 0 Å². The summed E-state index contributed by atoms with van der Waals surface area (Å²) >= 11 is 1.60. The fourth-order valence-electron chi connectivity index (χ4n) is 7.19. The highest BCUT2D eigenvalue weighted by atomic mass is 32.2. The van der Waals surface area contributed by atoms with Crippen LogP contribution in [0.5, 0.6) is 0 Å². The summed E-state index contributed by atoms with van der Waals surface area (Å²) in [4.78, 5) is 48.6. The number of rotatable bonds is 8. The second-order valence-electron chi connectivity index (χ2n) is 12.0. The number of aliphatic hydroxyl groups excluding tert-OH is 1. The Kier molecular flexibility index (Phi) is 7.72. The van der Waals surface area contributed by atoms with E-state index in [0.717, 1.165) is 12.0 Å². The van der Waals surface area contributed by atoms with E-state index in [9.17, 15) is 19.5 Å². The number of carbonyl (C=O) groups is 3. The lowest BCUT2D eigenvalue weighted by atomic mass is 9.74. The number of benzene rings is 1. The first-order valence-electron chi connectivity index (χ1n) is 14.3. The number of nitrogens with zero attached hydrogens (tertiary/aromatic N) is 3. The lowest BCUT2D eigenvalue weighted by Gasteiger charge is -2.40. The minimum atomic E-state index is -0.890. The van der Waals surface area contributed by atoms with Crippen LogP contribution in [-0.4, -0.2) is 85.3 Å². The molecule has 4 heterocycles. The molecule has 0 aliphatic carbocycles. The van der Waals surface area contributed by atoms with Crippen molar-refractivity contribution in [2.75, 3.05) is 26.2 Å². The van der Waals surface area contributed by atoms with E-state index >= 15 is 0 Å². The standard InChI is InChI=1S/C31H41N3O4S/c1-5-15-32-16-9-13-30(4)24(27(32)36)25-28(37)34(23(20-35)18-21(2)3)26-29(38)33(17-10-14-31(25,26)39-30)19-22-11-7-6-8-12-22/h6-14,21,23-26,35H,5,15-20H2,1-4H3/t23-,24-,25+,26?,30+,31+/m1/s1. The van der Waals surface area contributed by atoms with Gasteiger partial charge in [-0.25, -0.2) is 0 Å². The van der Waals surface area contributed by atoms with E-state index < -0.39 is 33.4 Å². The minimum absolute atomic E-state index is 0.0108. The van der Waals surface area contributed by atoms with Crippen molar-refractivity contribution < 1.29 is 19.5 Å². The SMILES string of the molecule is CCCN1CC=C[C@]2(C)S[C@]34C=CCN(Cc5ccccc5)C(=O)C3N([C@@H](CO)CC(C)C)C(=O)[C@@H]4[C@@H]2C1=O. The molecule has 1 aromatic rings. The maximum atomic E-state index is 14.6. The molecule has 8 heteroatoms. The number of amides is 3. The molecule has 3 amide bonds. The zero-order valence-corrected chi connectivity index (χ0v) is 24.3. The molecule has 0 bridgehead atoms. The molecule has 1 unspecified atom stereocenters. The van der Waals surface area contributed by atoms with Crippen LogP contribution in [-0.2, 0) is 20.9 Å². The molecule has 210 valence electrons. The van der Waals surface area contributed by atoms with E-state index in [1.807, 2.05) is 46.2 Å². The first-order chi connectivity index (χ1) is 18.7. The van der Waals surface area contributed by atoms with Gasteiger partial charge in [-0.2, -0.15) is 0 Å². The number of hydrogen-bond donors (Lipinski definition) is 1. The van der Waals surface area contributed by atoms with Gasteiger partial charge in [-0.05, 0) is 31.2 Å². The fourth-order valence-corrected chi connectivity index (χ4v) is 9.33. The molecule has 1 spiro atoms. The summed E-state index contributed by atoms with van der Waals surface area (Å²) in [6, 6.07) is 8.60. The summed E-state index contributed by atoms with van der Waals surface area (Å²) < 4.78 is -1.51. The van der Waals surface area contributed by atoms with Crippen LogP contribution in [0.25, 0.3) is 0 Å². The highest BCUT2D eigenvalue weighted by molar-refractivity contribution is 8.02. The van der Waals surface area contributed by atoms with Gasteiger partial charge in [0.2, 0.25) is 17.7 Å². The van der Waals surface area contributed by atoms with Gasteiger partial charge in [-0.15, -0.1) is 11.8 Å². The van der Waals surface area contributed by atoms with E-state index in [1.54, 1.807) is 16.7 Å². The highest BCUT2D eigenvalue weighted by Crippen LogP contribution is 2.66. The highest BCUT2D eigenvalue weighted by Gasteiger charge is 2.74. The molecule has 0 saturated carbocycles. The van der Waals surface area contributed by atoms with Gasteiger partial charge in [0.25, 0.3) is 0 Å². The van der Waals surface area contributed by atoms with Gasteiger partial charge in [0.1, 0.15) is 6.04 Å². The summed E-state index contributed by atoms with van der Waals surface area (Å²) in [5.74, 6) is -1.33. The number of thioether (sulfide) groups is 1. The Morgan fingerprint density at radius 2 is 1.67 bits per heavy atom. The Labute approximate surface area is 236 Å². The van der Waals surface area contributed by atoms with Gasteiger partial charge in [-0.3, -0.25) is 14.4 Å². The van der Waals surface area contributed by atoms with Crippen molar-refractivity contribution in [2.45, 2.75) is 68.7 Å². The molecule has 2 saturated heterocycles. The van der Waals surface area contributed by atoms with Crippen molar-refractivity contribution in [3.05, 3.63) is 60.2 Å². The zero-order chi connectivity index (χ0) is 27.9. The van der Waals surface area contributed by atoms with Gasteiger partial charge in [0, 0.05) is 30.9 Å². The van der Waals surface area contributed by atoms with Crippen LogP contribution in [0.4, 0.5) is 0 Å². The van der Waals surface area contributed by atoms with Gasteiger partial charge in [-0.1, -0.05) is 75.4 Å².